The van der Waals surface area contributed by atoms with Crippen molar-refractivity contribution in [3.63, 3.8) is 0 Å². The lowest BCUT2D eigenvalue weighted by molar-refractivity contribution is 0.591. The lowest BCUT2D eigenvalue weighted by Gasteiger charge is -2.28. The summed E-state index contributed by atoms with van der Waals surface area (Å²) < 4.78 is 2.56. The third-order valence-corrected chi connectivity index (χ3v) is 11.9. The average molecular weight is 703 g/mol. The van der Waals surface area contributed by atoms with Crippen LogP contribution in [-0.2, 0) is 17.3 Å². The molecule has 1 aliphatic rings. The molecule has 0 fully saturated rings. The largest absolute Gasteiger partial charge is 0.310 e. The Balaban J connectivity index is 1.28. The van der Waals surface area contributed by atoms with Crippen molar-refractivity contribution in [1.82, 2.24) is 4.57 Å². The molecule has 0 saturated carbocycles. The van der Waals surface area contributed by atoms with Gasteiger partial charge >= 0.3 is 0 Å². The summed E-state index contributed by atoms with van der Waals surface area (Å²) in [5.41, 5.74) is 16.6. The van der Waals surface area contributed by atoms with Crippen molar-refractivity contribution in [2.75, 3.05) is 4.90 Å². The van der Waals surface area contributed by atoms with Gasteiger partial charge in [0, 0.05) is 38.6 Å². The highest BCUT2D eigenvalue weighted by Crippen LogP contribution is 2.54. The second-order valence-corrected chi connectivity index (χ2v) is 17.0. The predicted molar refractivity (Wildman–Crippen MR) is 233 cm³/mol. The fourth-order valence-corrected chi connectivity index (χ4v) is 9.00. The van der Waals surface area contributed by atoms with E-state index in [0.717, 1.165) is 12.1 Å². The Bertz CT molecular complexity index is 2720. The van der Waals surface area contributed by atoms with E-state index in [4.69, 9.17) is 0 Å². The first-order chi connectivity index (χ1) is 26.0. The standard InChI is InChI=1S/C52H50N2/c1-8-9-17-35-23-27-47-43(30-35)44-31-36(51(3,4)5)24-28-48(44)54(47)49-33-46-50(41-22-14-13-21-40(41)49)42-26-25-39(32-45(42)52(46,6)7)53(37-18-11-10-12-19-37)38-20-15-16-34(2)29-38/h10-16,18-33H,8-9,17H2,1-7H3. The molecule has 2 nitrogen and oxygen atoms in total. The summed E-state index contributed by atoms with van der Waals surface area (Å²) in [5, 5.41) is 5.27. The summed E-state index contributed by atoms with van der Waals surface area (Å²) in [7, 11) is 0. The van der Waals surface area contributed by atoms with Crippen molar-refractivity contribution in [2.45, 2.75) is 78.6 Å². The maximum Gasteiger partial charge on any atom is 0.0544 e. The van der Waals surface area contributed by atoms with Crippen LogP contribution < -0.4 is 4.90 Å². The van der Waals surface area contributed by atoms with Crippen LogP contribution in [0, 0.1) is 6.92 Å². The third kappa shape index (κ3) is 5.46. The van der Waals surface area contributed by atoms with E-state index in [2.05, 4.69) is 197 Å². The van der Waals surface area contributed by atoms with Gasteiger partial charge in [0.25, 0.3) is 0 Å². The number of rotatable bonds is 7. The van der Waals surface area contributed by atoms with Crippen LogP contribution >= 0.6 is 0 Å². The molecule has 7 aromatic carbocycles. The molecule has 1 aliphatic carbocycles. The van der Waals surface area contributed by atoms with Crippen molar-refractivity contribution in [3.8, 4) is 16.8 Å². The Labute approximate surface area is 320 Å². The normalized spacial score (nSPS) is 13.5. The second kappa shape index (κ2) is 12.8. The number of fused-ring (bicyclic) bond motifs is 8. The van der Waals surface area contributed by atoms with Gasteiger partial charge in [0.15, 0.2) is 0 Å². The SMILES string of the molecule is CCCCc1ccc2c(c1)c1cc(C(C)(C)C)ccc1n2-c1cc2c(c3ccccc13)-c1ccc(N(c3ccccc3)c3cccc(C)c3)cc1C2(C)C. The van der Waals surface area contributed by atoms with E-state index in [1.807, 2.05) is 0 Å². The Morgan fingerprint density at radius 2 is 1.28 bits per heavy atom. The Morgan fingerprint density at radius 1 is 0.593 bits per heavy atom. The molecule has 2 heteroatoms. The van der Waals surface area contributed by atoms with Gasteiger partial charge in [-0.1, -0.05) is 121 Å². The van der Waals surface area contributed by atoms with Gasteiger partial charge in [-0.05, 0) is 136 Å². The van der Waals surface area contributed by atoms with E-state index in [1.54, 1.807) is 0 Å². The van der Waals surface area contributed by atoms with Crippen molar-refractivity contribution in [2.24, 2.45) is 0 Å². The molecule has 0 aliphatic heterocycles. The Kier molecular flexibility index (Phi) is 8.08. The zero-order chi connectivity index (χ0) is 37.4. The van der Waals surface area contributed by atoms with Crippen LogP contribution in [-0.4, -0.2) is 4.57 Å². The molecule has 0 amide bonds. The zero-order valence-electron chi connectivity index (χ0n) is 32.8. The predicted octanol–water partition coefficient (Wildman–Crippen LogP) is 14.7. The molecular formula is C52H50N2. The number of hydrogen-bond acceptors (Lipinski definition) is 1. The van der Waals surface area contributed by atoms with Gasteiger partial charge in [0.1, 0.15) is 0 Å². The lowest BCUT2D eigenvalue weighted by Crippen LogP contribution is -2.17. The third-order valence-electron chi connectivity index (χ3n) is 11.9. The van der Waals surface area contributed by atoms with E-state index >= 15 is 0 Å². The van der Waals surface area contributed by atoms with E-state index < -0.39 is 0 Å². The topological polar surface area (TPSA) is 8.17 Å². The molecule has 0 saturated heterocycles. The van der Waals surface area contributed by atoms with Crippen molar-refractivity contribution >= 4 is 49.6 Å². The summed E-state index contributed by atoms with van der Waals surface area (Å²) in [6.07, 6.45) is 3.52. The summed E-state index contributed by atoms with van der Waals surface area (Å²) in [5.74, 6) is 0. The van der Waals surface area contributed by atoms with Gasteiger partial charge in [-0.2, -0.15) is 0 Å². The summed E-state index contributed by atoms with van der Waals surface area (Å²) in [6.45, 7) is 16.2. The number of aryl methyl sites for hydroxylation is 2. The minimum absolute atomic E-state index is 0.0623. The number of unbranched alkanes of at least 4 members (excludes halogenated alkanes) is 1. The number of anilines is 3. The molecule has 1 heterocycles. The highest BCUT2D eigenvalue weighted by atomic mass is 15.1. The first kappa shape index (κ1) is 34.2. The molecule has 0 N–H and O–H groups in total. The van der Waals surface area contributed by atoms with E-state index in [1.165, 1.54) is 101 Å². The Morgan fingerprint density at radius 3 is 2.02 bits per heavy atom. The minimum atomic E-state index is -0.222. The van der Waals surface area contributed by atoms with Gasteiger partial charge in [0.05, 0.1) is 16.7 Å². The molecule has 0 bridgehead atoms. The summed E-state index contributed by atoms with van der Waals surface area (Å²) >= 11 is 0. The quantitative estimate of drug-likeness (QED) is 0.160. The number of nitrogens with zero attached hydrogens (tertiary/aromatic N) is 2. The van der Waals surface area contributed by atoms with E-state index in [0.29, 0.717) is 0 Å². The number of aromatic nitrogens is 1. The van der Waals surface area contributed by atoms with Crippen LogP contribution in [0.5, 0.6) is 0 Å². The van der Waals surface area contributed by atoms with Crippen LogP contribution in [0.4, 0.5) is 17.1 Å². The Hall–Kier alpha value is -5.60. The summed E-state index contributed by atoms with van der Waals surface area (Å²) in [4.78, 5) is 2.40. The van der Waals surface area contributed by atoms with Gasteiger partial charge in [-0.3, -0.25) is 0 Å². The molecule has 9 rings (SSSR count). The number of benzene rings is 7. The van der Waals surface area contributed by atoms with Crippen LogP contribution in [0.25, 0.3) is 49.4 Å². The van der Waals surface area contributed by atoms with Crippen LogP contribution in [0.15, 0.2) is 140 Å². The van der Waals surface area contributed by atoms with Gasteiger partial charge in [-0.25, -0.2) is 0 Å². The summed E-state index contributed by atoms with van der Waals surface area (Å²) in [6, 6.07) is 52.7. The van der Waals surface area contributed by atoms with Crippen molar-refractivity contribution < 1.29 is 0 Å². The average Bonchev–Trinajstić information content (AvgIpc) is 3.61. The first-order valence-electron chi connectivity index (χ1n) is 19.8. The maximum absolute atomic E-state index is 2.56. The maximum atomic E-state index is 2.56. The molecule has 0 radical (unpaired) electrons. The van der Waals surface area contributed by atoms with Gasteiger partial charge < -0.3 is 9.47 Å². The first-order valence-corrected chi connectivity index (χ1v) is 19.8. The van der Waals surface area contributed by atoms with Gasteiger partial charge in [0.2, 0.25) is 0 Å². The van der Waals surface area contributed by atoms with Crippen LogP contribution in [0.3, 0.4) is 0 Å². The fourth-order valence-electron chi connectivity index (χ4n) is 9.00. The molecule has 54 heavy (non-hydrogen) atoms. The molecule has 0 spiro atoms. The van der Waals surface area contributed by atoms with Crippen LogP contribution in [0.2, 0.25) is 0 Å². The second-order valence-electron chi connectivity index (χ2n) is 17.0. The lowest BCUT2D eigenvalue weighted by atomic mass is 9.81. The molecule has 8 aromatic rings. The van der Waals surface area contributed by atoms with Crippen molar-refractivity contribution in [3.05, 3.63) is 167 Å². The highest BCUT2D eigenvalue weighted by molar-refractivity contribution is 6.13. The van der Waals surface area contributed by atoms with Gasteiger partial charge in [-0.15, -0.1) is 0 Å². The fraction of sp³-hybridized carbons (Fsp3) is 0.231. The highest BCUT2D eigenvalue weighted by Gasteiger charge is 2.38. The zero-order valence-corrected chi connectivity index (χ0v) is 32.8. The molecular weight excluding hydrogens is 653 g/mol. The van der Waals surface area contributed by atoms with E-state index in [-0.39, 0.29) is 10.8 Å². The minimum Gasteiger partial charge on any atom is -0.310 e. The van der Waals surface area contributed by atoms with Crippen LogP contribution in [0.1, 0.15) is 82.2 Å². The monoisotopic (exact) mass is 702 g/mol. The number of para-hydroxylation sites is 1. The molecule has 1 aromatic heterocycles. The molecule has 0 unspecified atom stereocenters. The van der Waals surface area contributed by atoms with E-state index in [9.17, 15) is 0 Å². The smallest absolute Gasteiger partial charge is 0.0544 e. The number of hydrogen-bond donors (Lipinski definition) is 0. The molecule has 0 atom stereocenters. The molecule has 268 valence electrons. The van der Waals surface area contributed by atoms with Crippen molar-refractivity contribution in [1.29, 1.82) is 0 Å².